The maximum atomic E-state index is 12.6. The van der Waals surface area contributed by atoms with E-state index in [4.69, 9.17) is 32.7 Å². The van der Waals surface area contributed by atoms with E-state index < -0.39 is 5.91 Å². The van der Waals surface area contributed by atoms with Crippen molar-refractivity contribution >= 4 is 35.2 Å². The van der Waals surface area contributed by atoms with Crippen LogP contribution in [0.4, 0.5) is 0 Å². The van der Waals surface area contributed by atoms with E-state index in [2.05, 4.69) is 5.32 Å². The summed E-state index contributed by atoms with van der Waals surface area (Å²) in [5.74, 6) is 0.535. The molecule has 1 N–H and O–H groups in total. The third-order valence-corrected chi connectivity index (χ3v) is 5.63. The number of nitrogens with zero attached hydrogens (tertiary/aromatic N) is 1. The molecule has 7 heteroatoms. The fourth-order valence-electron chi connectivity index (χ4n) is 3.10. The van der Waals surface area contributed by atoms with Crippen LogP contribution in [0, 0.1) is 11.3 Å². The number of rotatable bonds is 8. The van der Waals surface area contributed by atoms with Gasteiger partial charge in [-0.05, 0) is 54.0 Å². The van der Waals surface area contributed by atoms with Crippen LogP contribution in [0.15, 0.2) is 72.3 Å². The number of methoxy groups -OCH3 is 1. The third-order valence-electron chi connectivity index (χ3n) is 4.89. The molecule has 0 aliphatic carbocycles. The van der Waals surface area contributed by atoms with Crippen LogP contribution in [0.25, 0.3) is 6.08 Å². The van der Waals surface area contributed by atoms with Crippen molar-refractivity contribution in [2.24, 2.45) is 0 Å². The second kappa shape index (κ2) is 11.4. The first-order chi connectivity index (χ1) is 15.9. The quantitative estimate of drug-likeness (QED) is 0.300. The summed E-state index contributed by atoms with van der Waals surface area (Å²) in [4.78, 5) is 12.6. The third kappa shape index (κ3) is 6.52. The Bertz CT molecular complexity index is 1200. The Morgan fingerprint density at radius 3 is 2.48 bits per heavy atom. The first-order valence-electron chi connectivity index (χ1n) is 10.1. The van der Waals surface area contributed by atoms with Gasteiger partial charge in [-0.25, -0.2) is 0 Å². The molecular weight excluding hydrogens is 459 g/mol. The lowest BCUT2D eigenvalue weighted by molar-refractivity contribution is -0.117. The molecule has 5 nitrogen and oxygen atoms in total. The molecule has 0 spiro atoms. The standard InChI is InChI=1S/C26H22Cl2N2O3/c1-17(20-6-4-3-5-7-20)30-26(31)21(15-29)12-18-9-11-24(25(14-18)32-2)33-16-19-8-10-22(27)23(28)13-19/h3-14,17H,16H2,1-2H3,(H,30,31)/b21-12+/t17-/m1/s1. The van der Waals surface area contributed by atoms with Crippen LogP contribution in [0.2, 0.25) is 10.0 Å². The number of carbonyl (C=O) groups is 1. The van der Waals surface area contributed by atoms with Crippen molar-refractivity contribution in [2.75, 3.05) is 7.11 Å². The fourth-order valence-corrected chi connectivity index (χ4v) is 3.42. The van der Waals surface area contributed by atoms with Crippen molar-refractivity contribution in [1.29, 1.82) is 5.26 Å². The number of hydrogen-bond acceptors (Lipinski definition) is 4. The zero-order valence-corrected chi connectivity index (χ0v) is 19.7. The van der Waals surface area contributed by atoms with Crippen molar-refractivity contribution in [1.82, 2.24) is 5.32 Å². The SMILES string of the molecule is COc1cc(/C=C(\C#N)C(=O)N[C@H](C)c2ccccc2)ccc1OCc1ccc(Cl)c(Cl)c1. The summed E-state index contributed by atoms with van der Waals surface area (Å²) in [5.41, 5.74) is 2.43. The minimum Gasteiger partial charge on any atom is -0.493 e. The van der Waals surface area contributed by atoms with Crippen LogP contribution in [0.1, 0.15) is 29.7 Å². The molecule has 0 radical (unpaired) electrons. The van der Waals surface area contributed by atoms with E-state index in [1.807, 2.05) is 49.4 Å². The highest BCUT2D eigenvalue weighted by molar-refractivity contribution is 6.42. The van der Waals surface area contributed by atoms with Gasteiger partial charge in [0.15, 0.2) is 11.5 Å². The highest BCUT2D eigenvalue weighted by atomic mass is 35.5. The summed E-state index contributed by atoms with van der Waals surface area (Å²) in [6.45, 7) is 2.14. The molecule has 3 aromatic rings. The molecule has 0 heterocycles. The van der Waals surface area contributed by atoms with Gasteiger partial charge >= 0.3 is 0 Å². The second-order valence-electron chi connectivity index (χ2n) is 7.22. The molecule has 0 unspecified atom stereocenters. The average Bonchev–Trinajstić information content (AvgIpc) is 2.83. The highest BCUT2D eigenvalue weighted by Crippen LogP contribution is 2.30. The Kier molecular flexibility index (Phi) is 8.37. The molecule has 0 fully saturated rings. The summed E-state index contributed by atoms with van der Waals surface area (Å²) in [6, 6.07) is 21.7. The van der Waals surface area contributed by atoms with Gasteiger partial charge in [0.05, 0.1) is 23.2 Å². The number of carbonyl (C=O) groups excluding carboxylic acids is 1. The zero-order chi connectivity index (χ0) is 23.8. The number of halogens is 2. The van der Waals surface area contributed by atoms with Gasteiger partial charge in [-0.1, -0.05) is 65.7 Å². The van der Waals surface area contributed by atoms with Crippen LogP contribution in [0.3, 0.4) is 0 Å². The normalized spacial score (nSPS) is 11.9. The predicted molar refractivity (Wildman–Crippen MR) is 130 cm³/mol. The lowest BCUT2D eigenvalue weighted by Crippen LogP contribution is -2.27. The van der Waals surface area contributed by atoms with Crippen LogP contribution < -0.4 is 14.8 Å². The topological polar surface area (TPSA) is 71.3 Å². The Morgan fingerprint density at radius 2 is 1.82 bits per heavy atom. The smallest absolute Gasteiger partial charge is 0.262 e. The monoisotopic (exact) mass is 480 g/mol. The van der Waals surface area contributed by atoms with Gasteiger partial charge in [-0.3, -0.25) is 4.79 Å². The second-order valence-corrected chi connectivity index (χ2v) is 8.04. The van der Waals surface area contributed by atoms with Crippen molar-refractivity contribution in [2.45, 2.75) is 19.6 Å². The van der Waals surface area contributed by atoms with Gasteiger partial charge in [0, 0.05) is 0 Å². The van der Waals surface area contributed by atoms with Crippen molar-refractivity contribution in [3.05, 3.63) is 99.0 Å². The Morgan fingerprint density at radius 1 is 1.06 bits per heavy atom. The van der Waals surface area contributed by atoms with Crippen molar-refractivity contribution in [3.8, 4) is 17.6 Å². The molecule has 0 aliphatic rings. The van der Waals surface area contributed by atoms with Crippen LogP contribution >= 0.6 is 23.2 Å². The minimum atomic E-state index is -0.451. The van der Waals surface area contributed by atoms with Gasteiger partial charge in [-0.15, -0.1) is 0 Å². The molecule has 0 aromatic heterocycles. The van der Waals surface area contributed by atoms with Gasteiger partial charge in [-0.2, -0.15) is 5.26 Å². The molecule has 0 bridgehead atoms. The summed E-state index contributed by atoms with van der Waals surface area (Å²) >= 11 is 12.0. The first kappa shape index (κ1) is 24.2. The van der Waals surface area contributed by atoms with E-state index in [0.717, 1.165) is 11.1 Å². The number of nitriles is 1. The molecule has 3 rings (SSSR count). The van der Waals surface area contributed by atoms with Gasteiger partial charge in [0.2, 0.25) is 0 Å². The lowest BCUT2D eigenvalue weighted by Gasteiger charge is -2.14. The van der Waals surface area contributed by atoms with Crippen molar-refractivity contribution in [3.63, 3.8) is 0 Å². The molecule has 33 heavy (non-hydrogen) atoms. The molecule has 0 saturated carbocycles. The molecule has 1 atom stereocenters. The van der Waals surface area contributed by atoms with Crippen LogP contribution in [-0.2, 0) is 11.4 Å². The Balaban J connectivity index is 1.73. The molecule has 168 valence electrons. The summed E-state index contributed by atoms with van der Waals surface area (Å²) in [7, 11) is 1.52. The molecule has 1 amide bonds. The van der Waals surface area contributed by atoms with E-state index in [0.29, 0.717) is 27.1 Å². The fraction of sp³-hybridized carbons (Fsp3) is 0.154. The van der Waals surface area contributed by atoms with Crippen molar-refractivity contribution < 1.29 is 14.3 Å². The molecule has 0 aliphatic heterocycles. The van der Waals surface area contributed by atoms with E-state index in [1.54, 1.807) is 30.3 Å². The maximum Gasteiger partial charge on any atom is 0.262 e. The van der Waals surface area contributed by atoms with E-state index in [1.165, 1.54) is 13.2 Å². The Hall–Kier alpha value is -3.46. The van der Waals surface area contributed by atoms with E-state index in [9.17, 15) is 10.1 Å². The number of ether oxygens (including phenoxy) is 2. The first-order valence-corrected chi connectivity index (χ1v) is 10.9. The molecule has 3 aromatic carbocycles. The minimum absolute atomic E-state index is 0.00990. The number of hydrogen-bond donors (Lipinski definition) is 1. The van der Waals surface area contributed by atoms with Crippen LogP contribution in [-0.4, -0.2) is 13.0 Å². The molecular formula is C26H22Cl2N2O3. The maximum absolute atomic E-state index is 12.6. The lowest BCUT2D eigenvalue weighted by atomic mass is 10.1. The van der Waals surface area contributed by atoms with Gasteiger partial charge in [0.25, 0.3) is 5.91 Å². The highest BCUT2D eigenvalue weighted by Gasteiger charge is 2.14. The summed E-state index contributed by atoms with van der Waals surface area (Å²) < 4.78 is 11.3. The number of nitrogens with one attached hydrogen (secondary N) is 1. The summed E-state index contributed by atoms with van der Waals surface area (Å²) in [5, 5.41) is 13.3. The Labute approximate surface area is 203 Å². The molecule has 0 saturated heterocycles. The number of amides is 1. The van der Waals surface area contributed by atoms with E-state index in [-0.39, 0.29) is 18.2 Å². The predicted octanol–water partition coefficient (Wildman–Crippen LogP) is 6.37. The number of benzene rings is 3. The largest absolute Gasteiger partial charge is 0.493 e. The van der Waals surface area contributed by atoms with Crippen LogP contribution in [0.5, 0.6) is 11.5 Å². The van der Waals surface area contributed by atoms with Gasteiger partial charge < -0.3 is 14.8 Å². The average molecular weight is 481 g/mol. The summed E-state index contributed by atoms with van der Waals surface area (Å²) in [6.07, 6.45) is 1.51. The zero-order valence-electron chi connectivity index (χ0n) is 18.1. The van der Waals surface area contributed by atoms with Gasteiger partial charge in [0.1, 0.15) is 18.2 Å². The van der Waals surface area contributed by atoms with E-state index >= 15 is 0 Å².